The van der Waals surface area contributed by atoms with Crippen LogP contribution in [0.4, 0.5) is 26.0 Å². The van der Waals surface area contributed by atoms with E-state index in [-0.39, 0.29) is 5.30 Å². The summed E-state index contributed by atoms with van der Waals surface area (Å²) in [6.45, 7) is 3.88. The molecule has 0 atom stereocenters. The first kappa shape index (κ1) is 18.4. The molecule has 2 saturated heterocycles. The van der Waals surface area contributed by atoms with Crippen LogP contribution in [0.2, 0.25) is 0 Å². The Balaban J connectivity index is 1.63. The van der Waals surface area contributed by atoms with Gasteiger partial charge >= 0.3 is 0 Å². The third-order valence-electron chi connectivity index (χ3n) is 5.08. The topological polar surface area (TPSA) is 66.0 Å². The number of anilines is 3. The fourth-order valence-electron chi connectivity index (χ4n) is 3.63. The average molecular weight is 392 g/mol. The fraction of sp³-hybridized carbons (Fsp3) is 0.500. The van der Waals surface area contributed by atoms with Gasteiger partial charge in [0, 0.05) is 36.6 Å². The number of rotatable bonds is 5. The standard InChI is InChI=1S/C18H23F2N6P/c19-27(20)14-5-8-22-16(11-14)24-17-12-15(13-3-6-21-7-4-13)23-18(25-17)26-9-1-2-10-26/h5,8,11-13,21H,1-4,6-7,9-10H2,(H,22,23,24,25). The van der Waals surface area contributed by atoms with Crippen LogP contribution in [-0.4, -0.2) is 41.1 Å². The van der Waals surface area contributed by atoms with Crippen LogP contribution in [-0.2, 0) is 0 Å². The summed E-state index contributed by atoms with van der Waals surface area (Å²) in [6.07, 6.45) is 5.77. The number of piperidine rings is 1. The molecule has 0 radical (unpaired) electrons. The minimum absolute atomic E-state index is 0.00917. The molecule has 2 aliphatic rings. The predicted octanol–water partition coefficient (Wildman–Crippen LogP) is 3.56. The zero-order valence-corrected chi connectivity index (χ0v) is 15.9. The molecule has 0 unspecified atom stereocenters. The molecule has 0 saturated carbocycles. The Labute approximate surface area is 158 Å². The van der Waals surface area contributed by atoms with Crippen LogP contribution < -0.4 is 20.8 Å². The van der Waals surface area contributed by atoms with Gasteiger partial charge in [-0.1, -0.05) is 0 Å². The van der Waals surface area contributed by atoms with Crippen LogP contribution in [0.3, 0.4) is 0 Å². The summed E-state index contributed by atoms with van der Waals surface area (Å²) in [4.78, 5) is 15.8. The zero-order chi connectivity index (χ0) is 18.6. The molecular weight excluding hydrogens is 369 g/mol. The van der Waals surface area contributed by atoms with Crippen LogP contribution in [0.25, 0.3) is 0 Å². The molecular formula is C18H23F2N6P. The van der Waals surface area contributed by atoms with Crippen molar-refractivity contribution in [3.8, 4) is 0 Å². The molecule has 0 aliphatic carbocycles. The highest BCUT2D eigenvalue weighted by atomic mass is 31.2. The average Bonchev–Trinajstić information content (AvgIpc) is 3.23. The molecule has 2 fully saturated rings. The molecule has 9 heteroatoms. The van der Waals surface area contributed by atoms with Crippen molar-refractivity contribution in [2.24, 2.45) is 0 Å². The van der Waals surface area contributed by atoms with Crippen molar-refractivity contribution in [3.63, 3.8) is 0 Å². The number of hydrogen-bond donors (Lipinski definition) is 2. The summed E-state index contributed by atoms with van der Waals surface area (Å²) in [6, 6.07) is 4.69. The smallest absolute Gasteiger partial charge is 0.298 e. The van der Waals surface area contributed by atoms with Crippen LogP contribution in [0.5, 0.6) is 0 Å². The number of halogens is 2. The second-order valence-electron chi connectivity index (χ2n) is 6.95. The lowest BCUT2D eigenvalue weighted by Gasteiger charge is -2.24. The summed E-state index contributed by atoms with van der Waals surface area (Å²) in [5.41, 5.74) is 1.02. The molecule has 27 heavy (non-hydrogen) atoms. The van der Waals surface area contributed by atoms with Crippen LogP contribution in [0, 0.1) is 0 Å². The first-order valence-electron chi connectivity index (χ1n) is 9.38. The van der Waals surface area contributed by atoms with Crippen LogP contribution >= 0.6 is 8.54 Å². The molecule has 0 spiro atoms. The quantitative estimate of drug-likeness (QED) is 0.759. The van der Waals surface area contributed by atoms with Crippen molar-refractivity contribution < 1.29 is 8.39 Å². The Morgan fingerprint density at radius 3 is 2.59 bits per heavy atom. The minimum Gasteiger partial charge on any atom is -0.341 e. The highest BCUT2D eigenvalue weighted by Crippen LogP contribution is 2.37. The largest absolute Gasteiger partial charge is 0.341 e. The number of nitrogens with one attached hydrogen (secondary N) is 2. The van der Waals surface area contributed by atoms with Crippen molar-refractivity contribution in [1.82, 2.24) is 20.3 Å². The lowest BCUT2D eigenvalue weighted by atomic mass is 9.94. The molecule has 2 aromatic rings. The van der Waals surface area contributed by atoms with Gasteiger partial charge in [-0.15, -0.1) is 0 Å². The Hall–Kier alpha value is -1.92. The molecule has 144 valence electrons. The second-order valence-corrected chi connectivity index (χ2v) is 7.94. The Kier molecular flexibility index (Phi) is 5.74. The highest BCUT2D eigenvalue weighted by Gasteiger charge is 2.22. The van der Waals surface area contributed by atoms with E-state index >= 15 is 0 Å². The molecule has 0 amide bonds. The number of nitrogens with zero attached hydrogens (tertiary/aromatic N) is 4. The molecule has 4 heterocycles. The van der Waals surface area contributed by atoms with E-state index in [1.807, 2.05) is 6.07 Å². The highest BCUT2D eigenvalue weighted by molar-refractivity contribution is 7.55. The molecule has 2 N–H and O–H groups in total. The third kappa shape index (κ3) is 4.50. The normalized spacial score (nSPS) is 18.3. The SMILES string of the molecule is FP(F)c1ccnc(Nc2cc(C3CCNCC3)nc(N3CCCC3)n2)c1. The van der Waals surface area contributed by atoms with Gasteiger partial charge in [0.05, 0.1) is 5.69 Å². The van der Waals surface area contributed by atoms with E-state index in [1.165, 1.54) is 18.3 Å². The van der Waals surface area contributed by atoms with Gasteiger partial charge in [0.25, 0.3) is 8.54 Å². The monoisotopic (exact) mass is 392 g/mol. The van der Waals surface area contributed by atoms with Gasteiger partial charge in [-0.05, 0) is 50.9 Å². The first-order valence-corrected chi connectivity index (χ1v) is 10.5. The van der Waals surface area contributed by atoms with E-state index in [0.717, 1.165) is 63.5 Å². The van der Waals surface area contributed by atoms with Crippen molar-refractivity contribution in [2.75, 3.05) is 36.4 Å². The molecule has 0 aromatic carbocycles. The summed E-state index contributed by atoms with van der Waals surface area (Å²) in [5, 5.41) is 6.50. The maximum absolute atomic E-state index is 13.0. The van der Waals surface area contributed by atoms with Gasteiger partial charge in [0.2, 0.25) is 5.95 Å². The lowest BCUT2D eigenvalue weighted by Crippen LogP contribution is -2.28. The maximum atomic E-state index is 13.0. The predicted molar refractivity (Wildman–Crippen MR) is 105 cm³/mol. The summed E-state index contributed by atoms with van der Waals surface area (Å²) in [5.74, 6) is 2.12. The van der Waals surface area contributed by atoms with Gasteiger partial charge < -0.3 is 15.5 Å². The minimum atomic E-state index is -3.14. The van der Waals surface area contributed by atoms with E-state index in [4.69, 9.17) is 4.98 Å². The van der Waals surface area contributed by atoms with Crippen LogP contribution in [0.1, 0.15) is 37.3 Å². The van der Waals surface area contributed by atoms with E-state index < -0.39 is 8.54 Å². The van der Waals surface area contributed by atoms with Crippen molar-refractivity contribution in [2.45, 2.75) is 31.6 Å². The molecule has 4 rings (SSSR count). The number of aromatic nitrogens is 3. The van der Waals surface area contributed by atoms with Gasteiger partial charge in [-0.3, -0.25) is 0 Å². The maximum Gasteiger partial charge on any atom is 0.298 e. The molecule has 2 aliphatic heterocycles. The lowest BCUT2D eigenvalue weighted by molar-refractivity contribution is 0.453. The van der Waals surface area contributed by atoms with Gasteiger partial charge in [-0.2, -0.15) is 13.4 Å². The number of hydrogen-bond acceptors (Lipinski definition) is 6. The Morgan fingerprint density at radius 1 is 1.07 bits per heavy atom. The van der Waals surface area contributed by atoms with Gasteiger partial charge in [0.1, 0.15) is 11.6 Å². The summed E-state index contributed by atoms with van der Waals surface area (Å²) < 4.78 is 26.1. The molecule has 2 aromatic heterocycles. The number of pyridine rings is 1. The second kappa shape index (κ2) is 8.40. The van der Waals surface area contributed by atoms with E-state index in [2.05, 4.69) is 25.5 Å². The molecule has 6 nitrogen and oxygen atoms in total. The third-order valence-corrected chi connectivity index (χ3v) is 5.74. The molecule has 0 bridgehead atoms. The first-order chi connectivity index (χ1) is 13.2. The van der Waals surface area contributed by atoms with Crippen LogP contribution in [0.15, 0.2) is 24.4 Å². The Morgan fingerprint density at radius 2 is 1.85 bits per heavy atom. The summed E-state index contributed by atoms with van der Waals surface area (Å²) in [7, 11) is -3.14. The van der Waals surface area contributed by atoms with E-state index in [9.17, 15) is 8.39 Å². The van der Waals surface area contributed by atoms with Gasteiger partial charge in [-0.25, -0.2) is 9.97 Å². The van der Waals surface area contributed by atoms with Crippen molar-refractivity contribution in [1.29, 1.82) is 0 Å². The van der Waals surface area contributed by atoms with Crippen molar-refractivity contribution >= 4 is 31.4 Å². The fourth-order valence-corrected chi connectivity index (χ4v) is 4.03. The Bertz CT molecular complexity index is 778. The van der Waals surface area contributed by atoms with Crippen molar-refractivity contribution in [3.05, 3.63) is 30.1 Å². The van der Waals surface area contributed by atoms with Gasteiger partial charge in [0.15, 0.2) is 0 Å². The summed E-state index contributed by atoms with van der Waals surface area (Å²) >= 11 is 0. The van der Waals surface area contributed by atoms with E-state index in [1.54, 1.807) is 0 Å². The van der Waals surface area contributed by atoms with E-state index in [0.29, 0.717) is 17.6 Å². The zero-order valence-electron chi connectivity index (χ0n) is 15.0.